The van der Waals surface area contributed by atoms with E-state index in [2.05, 4.69) is 4.98 Å². The minimum atomic E-state index is 0.520. The zero-order valence-electron chi connectivity index (χ0n) is 10.7. The van der Waals surface area contributed by atoms with Crippen molar-refractivity contribution >= 4 is 17.0 Å². The molecule has 0 radical (unpaired) electrons. The Bertz CT molecular complexity index is 718. The number of ether oxygens (including phenoxy) is 1. The maximum atomic E-state index is 6.00. The monoisotopic (exact) mass is 253 g/mol. The molecular weight excluding hydrogens is 238 g/mol. The van der Waals surface area contributed by atoms with Crippen LogP contribution in [0.5, 0.6) is 5.75 Å². The number of hydrogen-bond acceptors (Lipinski definition) is 3. The normalized spacial score (nSPS) is 10.8. The first-order chi connectivity index (χ1) is 9.29. The number of methoxy groups -OCH3 is 1. The molecule has 1 aromatic heterocycles. The van der Waals surface area contributed by atoms with Gasteiger partial charge in [0.15, 0.2) is 0 Å². The van der Waals surface area contributed by atoms with Crippen LogP contribution in [0.3, 0.4) is 0 Å². The number of nitrogens with two attached hydrogens (primary N) is 1. The van der Waals surface area contributed by atoms with E-state index in [4.69, 9.17) is 10.5 Å². The average molecular weight is 253 g/mol. The third-order valence-corrected chi connectivity index (χ3v) is 3.21. The van der Waals surface area contributed by atoms with E-state index in [1.807, 2.05) is 53.1 Å². The van der Waals surface area contributed by atoms with Gasteiger partial charge in [-0.2, -0.15) is 0 Å². The highest BCUT2D eigenvalue weighted by Gasteiger charge is 2.10. The van der Waals surface area contributed by atoms with E-state index in [0.717, 1.165) is 22.3 Å². The molecule has 0 fully saturated rings. The van der Waals surface area contributed by atoms with E-state index in [1.54, 1.807) is 7.11 Å². The van der Waals surface area contributed by atoms with Gasteiger partial charge in [-0.05, 0) is 18.2 Å². The molecule has 2 N–H and O–H groups in total. The second-order valence-corrected chi connectivity index (χ2v) is 4.36. The highest BCUT2D eigenvalue weighted by molar-refractivity contribution is 5.78. The topological polar surface area (TPSA) is 53.1 Å². The smallest absolute Gasteiger partial charge is 0.201 e. The highest BCUT2D eigenvalue weighted by atomic mass is 16.5. The maximum absolute atomic E-state index is 6.00. The van der Waals surface area contributed by atoms with Crippen LogP contribution < -0.4 is 10.5 Å². The summed E-state index contributed by atoms with van der Waals surface area (Å²) in [6, 6.07) is 15.9. The second kappa shape index (κ2) is 4.65. The van der Waals surface area contributed by atoms with E-state index in [9.17, 15) is 0 Å². The fourth-order valence-electron chi connectivity index (χ4n) is 2.26. The van der Waals surface area contributed by atoms with Crippen molar-refractivity contribution in [3.63, 3.8) is 0 Å². The summed E-state index contributed by atoms with van der Waals surface area (Å²) in [5.41, 5.74) is 9.03. The van der Waals surface area contributed by atoms with Crippen molar-refractivity contribution in [2.75, 3.05) is 12.8 Å². The van der Waals surface area contributed by atoms with Crippen LogP contribution in [0.2, 0.25) is 0 Å². The Balaban J connectivity index is 2.08. The Kier molecular flexibility index (Phi) is 2.83. The van der Waals surface area contributed by atoms with Crippen LogP contribution in [0.15, 0.2) is 48.5 Å². The molecule has 0 bridgehead atoms. The summed E-state index contributed by atoms with van der Waals surface area (Å²) in [6.07, 6.45) is 0. The third kappa shape index (κ3) is 2.01. The Hall–Kier alpha value is -2.49. The minimum absolute atomic E-state index is 0.520. The van der Waals surface area contributed by atoms with Crippen molar-refractivity contribution in [1.82, 2.24) is 9.55 Å². The first-order valence-corrected chi connectivity index (χ1v) is 6.12. The number of para-hydroxylation sites is 3. The summed E-state index contributed by atoms with van der Waals surface area (Å²) in [4.78, 5) is 4.36. The standard InChI is InChI=1S/C15H15N3O/c1-19-14-9-5-2-6-11(14)10-18-13-8-4-3-7-12(13)17-15(18)16/h2-9H,10H2,1H3,(H2,16,17). The Morgan fingerprint density at radius 2 is 1.84 bits per heavy atom. The van der Waals surface area contributed by atoms with Crippen LogP contribution in [0.1, 0.15) is 5.56 Å². The zero-order valence-corrected chi connectivity index (χ0v) is 10.7. The lowest BCUT2D eigenvalue weighted by atomic mass is 10.2. The number of fused-ring (bicyclic) bond motifs is 1. The predicted octanol–water partition coefficient (Wildman–Crippen LogP) is 2.68. The maximum Gasteiger partial charge on any atom is 0.201 e. The van der Waals surface area contributed by atoms with Gasteiger partial charge in [-0.3, -0.25) is 0 Å². The molecule has 0 spiro atoms. The summed E-state index contributed by atoms with van der Waals surface area (Å²) in [5.74, 6) is 1.38. The van der Waals surface area contributed by atoms with E-state index in [0.29, 0.717) is 12.5 Å². The first-order valence-electron chi connectivity index (χ1n) is 6.12. The first kappa shape index (κ1) is 11.6. The molecule has 0 aliphatic heterocycles. The second-order valence-electron chi connectivity index (χ2n) is 4.36. The number of rotatable bonds is 3. The molecule has 0 saturated heterocycles. The summed E-state index contributed by atoms with van der Waals surface area (Å²) in [6.45, 7) is 0.649. The van der Waals surface area contributed by atoms with Crippen molar-refractivity contribution < 1.29 is 4.74 Å². The number of aromatic nitrogens is 2. The van der Waals surface area contributed by atoms with Crippen LogP contribution in [0.4, 0.5) is 5.95 Å². The molecule has 4 heteroatoms. The molecule has 0 saturated carbocycles. The van der Waals surface area contributed by atoms with Crippen molar-refractivity contribution in [3.8, 4) is 5.75 Å². The number of benzene rings is 2. The Labute approximate surface area is 111 Å². The quantitative estimate of drug-likeness (QED) is 0.780. The lowest BCUT2D eigenvalue weighted by Gasteiger charge is -2.10. The lowest BCUT2D eigenvalue weighted by molar-refractivity contribution is 0.408. The molecule has 0 amide bonds. The SMILES string of the molecule is COc1ccccc1Cn1c(N)nc2ccccc21. The van der Waals surface area contributed by atoms with E-state index in [1.165, 1.54) is 0 Å². The summed E-state index contributed by atoms with van der Waals surface area (Å²) in [7, 11) is 1.67. The molecule has 0 atom stereocenters. The van der Waals surface area contributed by atoms with Gasteiger partial charge in [0.05, 0.1) is 24.7 Å². The molecule has 1 heterocycles. The van der Waals surface area contributed by atoms with Crippen molar-refractivity contribution in [3.05, 3.63) is 54.1 Å². The summed E-state index contributed by atoms with van der Waals surface area (Å²) >= 11 is 0. The van der Waals surface area contributed by atoms with E-state index >= 15 is 0 Å². The van der Waals surface area contributed by atoms with Gasteiger partial charge in [0.1, 0.15) is 5.75 Å². The molecule has 96 valence electrons. The largest absolute Gasteiger partial charge is 0.496 e. The van der Waals surface area contributed by atoms with Crippen LogP contribution in [0.25, 0.3) is 11.0 Å². The average Bonchev–Trinajstić information content (AvgIpc) is 2.76. The molecule has 0 unspecified atom stereocenters. The van der Waals surface area contributed by atoms with Crippen LogP contribution >= 0.6 is 0 Å². The number of imidazole rings is 1. The molecule has 3 rings (SSSR count). The fraction of sp³-hybridized carbons (Fsp3) is 0.133. The Morgan fingerprint density at radius 1 is 1.11 bits per heavy atom. The van der Waals surface area contributed by atoms with Gasteiger partial charge in [-0.25, -0.2) is 4.98 Å². The fourth-order valence-corrected chi connectivity index (χ4v) is 2.26. The number of nitrogens with zero attached hydrogens (tertiary/aromatic N) is 2. The van der Waals surface area contributed by atoms with E-state index < -0.39 is 0 Å². The third-order valence-electron chi connectivity index (χ3n) is 3.21. The van der Waals surface area contributed by atoms with Crippen molar-refractivity contribution in [1.29, 1.82) is 0 Å². The van der Waals surface area contributed by atoms with Gasteiger partial charge in [0.2, 0.25) is 5.95 Å². The molecular formula is C15H15N3O. The lowest BCUT2D eigenvalue weighted by Crippen LogP contribution is -2.05. The van der Waals surface area contributed by atoms with E-state index in [-0.39, 0.29) is 0 Å². The van der Waals surface area contributed by atoms with Crippen LogP contribution in [0, 0.1) is 0 Å². The van der Waals surface area contributed by atoms with Crippen molar-refractivity contribution in [2.24, 2.45) is 0 Å². The number of anilines is 1. The van der Waals surface area contributed by atoms with Gasteiger partial charge in [-0.1, -0.05) is 30.3 Å². The number of nitrogen functional groups attached to an aromatic ring is 1. The number of hydrogen-bond donors (Lipinski definition) is 1. The summed E-state index contributed by atoms with van der Waals surface area (Å²) < 4.78 is 7.36. The van der Waals surface area contributed by atoms with Gasteiger partial charge >= 0.3 is 0 Å². The minimum Gasteiger partial charge on any atom is -0.496 e. The van der Waals surface area contributed by atoms with Crippen LogP contribution in [-0.2, 0) is 6.54 Å². The molecule has 3 aromatic rings. The molecule has 19 heavy (non-hydrogen) atoms. The predicted molar refractivity (Wildman–Crippen MR) is 76.2 cm³/mol. The molecule has 4 nitrogen and oxygen atoms in total. The van der Waals surface area contributed by atoms with Gasteiger partial charge < -0.3 is 15.0 Å². The molecule has 2 aromatic carbocycles. The van der Waals surface area contributed by atoms with Gasteiger partial charge in [0.25, 0.3) is 0 Å². The highest BCUT2D eigenvalue weighted by Crippen LogP contribution is 2.23. The van der Waals surface area contributed by atoms with Crippen molar-refractivity contribution in [2.45, 2.75) is 6.54 Å². The summed E-state index contributed by atoms with van der Waals surface area (Å²) in [5, 5.41) is 0. The van der Waals surface area contributed by atoms with Gasteiger partial charge in [0, 0.05) is 5.56 Å². The van der Waals surface area contributed by atoms with Crippen LogP contribution in [-0.4, -0.2) is 16.7 Å². The molecule has 0 aliphatic carbocycles. The zero-order chi connectivity index (χ0) is 13.2. The molecule has 0 aliphatic rings. The Morgan fingerprint density at radius 3 is 2.68 bits per heavy atom. The van der Waals surface area contributed by atoms with Gasteiger partial charge in [-0.15, -0.1) is 0 Å².